The summed E-state index contributed by atoms with van der Waals surface area (Å²) in [7, 11) is 1.60. The second-order valence-electron chi connectivity index (χ2n) is 3.69. The number of aliphatic hydroxyl groups is 1. The molecule has 2 amide bonds. The average molecular weight is 216 g/mol. The summed E-state index contributed by atoms with van der Waals surface area (Å²) in [5.41, 5.74) is 0. The van der Waals surface area contributed by atoms with Crippen LogP contribution in [0.15, 0.2) is 0 Å². The van der Waals surface area contributed by atoms with Crippen molar-refractivity contribution in [1.29, 1.82) is 0 Å². The molecule has 0 aliphatic carbocycles. The number of likely N-dealkylation sites (tertiary alicyclic amines) is 1. The van der Waals surface area contributed by atoms with Crippen LogP contribution in [0, 0.1) is 0 Å². The molecule has 0 unspecified atom stereocenters. The van der Waals surface area contributed by atoms with Crippen LogP contribution in [0.2, 0.25) is 0 Å². The molecule has 1 heterocycles. The SMILES string of the molecule is CCN(C)C(=O)N1C[C@H](O)C[C@H]1C(=O)O. The van der Waals surface area contributed by atoms with E-state index in [0.717, 1.165) is 0 Å². The summed E-state index contributed by atoms with van der Waals surface area (Å²) in [6.45, 7) is 2.41. The molecule has 1 aliphatic heterocycles. The van der Waals surface area contributed by atoms with Crippen LogP contribution in [0.25, 0.3) is 0 Å². The Labute approximate surface area is 88.1 Å². The normalized spacial score (nSPS) is 25.4. The quantitative estimate of drug-likeness (QED) is 0.656. The smallest absolute Gasteiger partial charge is 0.326 e. The van der Waals surface area contributed by atoms with Crippen LogP contribution in [-0.2, 0) is 4.79 Å². The van der Waals surface area contributed by atoms with Crippen LogP contribution in [-0.4, -0.2) is 64.3 Å². The number of hydrogen-bond acceptors (Lipinski definition) is 3. The Morgan fingerprint density at radius 2 is 2.13 bits per heavy atom. The van der Waals surface area contributed by atoms with E-state index in [0.29, 0.717) is 6.54 Å². The van der Waals surface area contributed by atoms with Gasteiger partial charge in [0.25, 0.3) is 0 Å². The predicted molar refractivity (Wildman–Crippen MR) is 52.5 cm³/mol. The van der Waals surface area contributed by atoms with E-state index in [9.17, 15) is 14.7 Å². The largest absolute Gasteiger partial charge is 0.480 e. The molecule has 1 rings (SSSR count). The first-order valence-electron chi connectivity index (χ1n) is 4.90. The van der Waals surface area contributed by atoms with Crippen molar-refractivity contribution in [3.63, 3.8) is 0 Å². The number of carbonyl (C=O) groups excluding carboxylic acids is 1. The van der Waals surface area contributed by atoms with Gasteiger partial charge in [0, 0.05) is 26.6 Å². The van der Waals surface area contributed by atoms with Crippen LogP contribution in [0.1, 0.15) is 13.3 Å². The summed E-state index contributed by atoms with van der Waals surface area (Å²) in [5.74, 6) is -1.07. The number of urea groups is 1. The fourth-order valence-electron chi connectivity index (χ4n) is 1.61. The standard InChI is InChI=1S/C9H16N2O4/c1-3-10(2)9(15)11-5-6(12)4-7(11)8(13)14/h6-7,12H,3-5H2,1-2H3,(H,13,14)/t6-,7+/m1/s1. The van der Waals surface area contributed by atoms with Crippen molar-refractivity contribution in [2.45, 2.75) is 25.5 Å². The number of carboxylic acid groups (broad SMARTS) is 1. The first-order valence-corrected chi connectivity index (χ1v) is 4.90. The van der Waals surface area contributed by atoms with Gasteiger partial charge in [0.05, 0.1) is 6.10 Å². The number of carboxylic acids is 1. The van der Waals surface area contributed by atoms with Crippen LogP contribution >= 0.6 is 0 Å². The minimum atomic E-state index is -1.07. The minimum absolute atomic E-state index is 0.0974. The number of aliphatic hydroxyl groups excluding tert-OH is 1. The molecule has 1 fully saturated rings. The van der Waals surface area contributed by atoms with Gasteiger partial charge in [-0.15, -0.1) is 0 Å². The molecular formula is C9H16N2O4. The van der Waals surface area contributed by atoms with E-state index >= 15 is 0 Å². The molecule has 2 N–H and O–H groups in total. The van der Waals surface area contributed by atoms with Gasteiger partial charge in [-0.1, -0.05) is 0 Å². The maximum Gasteiger partial charge on any atom is 0.326 e. The zero-order valence-corrected chi connectivity index (χ0v) is 8.88. The molecule has 0 aromatic carbocycles. The Morgan fingerprint density at radius 3 is 2.60 bits per heavy atom. The molecule has 0 bridgehead atoms. The van der Waals surface area contributed by atoms with E-state index in [-0.39, 0.29) is 19.0 Å². The lowest BCUT2D eigenvalue weighted by atomic mass is 10.2. The highest BCUT2D eigenvalue weighted by atomic mass is 16.4. The van der Waals surface area contributed by atoms with Crippen molar-refractivity contribution < 1.29 is 19.8 Å². The Hall–Kier alpha value is -1.30. The van der Waals surface area contributed by atoms with Crippen LogP contribution in [0.5, 0.6) is 0 Å². The Bertz CT molecular complexity index is 269. The second kappa shape index (κ2) is 4.48. The van der Waals surface area contributed by atoms with Gasteiger partial charge >= 0.3 is 12.0 Å². The van der Waals surface area contributed by atoms with E-state index in [2.05, 4.69) is 0 Å². The number of aliphatic carboxylic acids is 1. The van der Waals surface area contributed by atoms with E-state index in [4.69, 9.17) is 5.11 Å². The van der Waals surface area contributed by atoms with Gasteiger partial charge < -0.3 is 20.0 Å². The lowest BCUT2D eigenvalue weighted by Gasteiger charge is -2.26. The highest BCUT2D eigenvalue weighted by Crippen LogP contribution is 2.19. The van der Waals surface area contributed by atoms with E-state index in [1.165, 1.54) is 9.80 Å². The fourth-order valence-corrected chi connectivity index (χ4v) is 1.61. The number of nitrogens with zero attached hydrogens (tertiary/aromatic N) is 2. The van der Waals surface area contributed by atoms with Crippen molar-refractivity contribution in [2.24, 2.45) is 0 Å². The third-order valence-corrected chi connectivity index (χ3v) is 2.61. The molecule has 2 atom stereocenters. The topological polar surface area (TPSA) is 81.1 Å². The Morgan fingerprint density at radius 1 is 1.53 bits per heavy atom. The highest BCUT2D eigenvalue weighted by Gasteiger charge is 2.39. The van der Waals surface area contributed by atoms with Crippen molar-refractivity contribution in [3.05, 3.63) is 0 Å². The second-order valence-corrected chi connectivity index (χ2v) is 3.69. The molecule has 0 spiro atoms. The summed E-state index contributed by atoms with van der Waals surface area (Å²) in [5, 5.41) is 18.2. The van der Waals surface area contributed by atoms with Gasteiger partial charge in [0.15, 0.2) is 0 Å². The third kappa shape index (κ3) is 2.38. The number of amides is 2. The zero-order chi connectivity index (χ0) is 11.6. The molecule has 86 valence electrons. The molecule has 0 aromatic rings. The molecule has 1 aliphatic rings. The van der Waals surface area contributed by atoms with Crippen LogP contribution in [0.3, 0.4) is 0 Å². The third-order valence-electron chi connectivity index (χ3n) is 2.61. The van der Waals surface area contributed by atoms with Crippen molar-refractivity contribution in [1.82, 2.24) is 9.80 Å². The number of carbonyl (C=O) groups is 2. The van der Waals surface area contributed by atoms with Crippen molar-refractivity contribution >= 4 is 12.0 Å². The van der Waals surface area contributed by atoms with Gasteiger partial charge in [-0.3, -0.25) is 0 Å². The van der Waals surface area contributed by atoms with Crippen molar-refractivity contribution in [2.75, 3.05) is 20.1 Å². The van der Waals surface area contributed by atoms with E-state index < -0.39 is 18.1 Å². The first-order chi connectivity index (χ1) is 6.97. The van der Waals surface area contributed by atoms with Crippen LogP contribution < -0.4 is 0 Å². The molecule has 0 aromatic heterocycles. The summed E-state index contributed by atoms with van der Waals surface area (Å²) >= 11 is 0. The fraction of sp³-hybridized carbons (Fsp3) is 0.778. The Kier molecular flexibility index (Phi) is 3.52. The van der Waals surface area contributed by atoms with Gasteiger partial charge in [-0.25, -0.2) is 9.59 Å². The monoisotopic (exact) mass is 216 g/mol. The lowest BCUT2D eigenvalue weighted by Crippen LogP contribution is -2.46. The highest BCUT2D eigenvalue weighted by molar-refractivity contribution is 5.83. The predicted octanol–water partition coefficient (Wildman–Crippen LogP) is -0.422. The zero-order valence-electron chi connectivity index (χ0n) is 8.88. The number of hydrogen-bond donors (Lipinski definition) is 2. The molecule has 6 nitrogen and oxygen atoms in total. The molecule has 0 radical (unpaired) electrons. The number of rotatable bonds is 2. The van der Waals surface area contributed by atoms with Gasteiger partial charge in [0.1, 0.15) is 6.04 Å². The molecule has 1 saturated heterocycles. The van der Waals surface area contributed by atoms with E-state index in [1.54, 1.807) is 14.0 Å². The van der Waals surface area contributed by atoms with E-state index in [1.807, 2.05) is 0 Å². The van der Waals surface area contributed by atoms with Gasteiger partial charge in [0.2, 0.25) is 0 Å². The molecular weight excluding hydrogens is 200 g/mol. The summed E-state index contributed by atoms with van der Waals surface area (Å²) in [4.78, 5) is 25.2. The Balaban J connectivity index is 2.75. The molecule has 6 heteroatoms. The lowest BCUT2D eigenvalue weighted by molar-refractivity contribution is -0.141. The van der Waals surface area contributed by atoms with Gasteiger partial charge in [-0.2, -0.15) is 0 Å². The number of β-amino-alcohol motifs (C(OH)–C–C–N with tert-alkyl or cyclic N) is 1. The first kappa shape index (κ1) is 11.8. The van der Waals surface area contributed by atoms with Gasteiger partial charge in [-0.05, 0) is 6.92 Å². The summed E-state index contributed by atoms with van der Waals surface area (Å²) < 4.78 is 0. The molecule has 15 heavy (non-hydrogen) atoms. The summed E-state index contributed by atoms with van der Waals surface area (Å²) in [6, 6.07) is -1.25. The van der Waals surface area contributed by atoms with Crippen molar-refractivity contribution in [3.8, 4) is 0 Å². The molecule has 0 saturated carbocycles. The maximum atomic E-state index is 11.7. The van der Waals surface area contributed by atoms with Crippen LogP contribution in [0.4, 0.5) is 4.79 Å². The summed E-state index contributed by atoms with van der Waals surface area (Å²) in [6.07, 6.45) is -0.626. The average Bonchev–Trinajstić information content (AvgIpc) is 2.58. The maximum absolute atomic E-state index is 11.7. The minimum Gasteiger partial charge on any atom is -0.480 e.